The van der Waals surface area contributed by atoms with Gasteiger partial charge in [-0.25, -0.2) is 0 Å². The van der Waals surface area contributed by atoms with E-state index in [0.29, 0.717) is 6.61 Å². The van der Waals surface area contributed by atoms with Crippen molar-refractivity contribution in [1.82, 2.24) is 0 Å². The zero-order valence-corrected chi connectivity index (χ0v) is 11.9. The van der Waals surface area contributed by atoms with Gasteiger partial charge in [-0.1, -0.05) is 26.3 Å². The molecule has 0 amide bonds. The molecule has 108 valence electrons. The Bertz CT molecular complexity index is 441. The Hall–Kier alpha value is -0.420. The molecule has 3 aliphatic rings. The maximum atomic E-state index is 11.1. The van der Waals surface area contributed by atoms with Crippen molar-refractivity contribution in [2.75, 3.05) is 13.2 Å². The second kappa shape index (κ2) is 3.82. The van der Waals surface area contributed by atoms with Crippen molar-refractivity contribution in [3.8, 4) is 0 Å². The molecular formula is C15H24O4. The lowest BCUT2D eigenvalue weighted by molar-refractivity contribution is -0.259. The van der Waals surface area contributed by atoms with Crippen molar-refractivity contribution in [3.63, 3.8) is 0 Å². The summed E-state index contributed by atoms with van der Waals surface area (Å²) in [5, 5.41) is 31.2. The molecule has 4 nitrogen and oxygen atoms in total. The Balaban J connectivity index is 2.24. The van der Waals surface area contributed by atoms with Crippen LogP contribution in [0.2, 0.25) is 0 Å². The molecule has 0 aromatic carbocycles. The molecular weight excluding hydrogens is 244 g/mol. The highest BCUT2D eigenvalue weighted by Gasteiger charge is 2.64. The van der Waals surface area contributed by atoms with Crippen LogP contribution in [0, 0.1) is 16.7 Å². The molecule has 0 bridgehead atoms. The minimum absolute atomic E-state index is 0.0307. The van der Waals surface area contributed by atoms with Gasteiger partial charge in [-0.2, -0.15) is 0 Å². The van der Waals surface area contributed by atoms with Gasteiger partial charge < -0.3 is 20.1 Å². The molecule has 4 atom stereocenters. The lowest BCUT2D eigenvalue weighted by Crippen LogP contribution is -2.61. The standard InChI is InChI=1S/C15H24O4/c1-9-4-5-10-11-14(7-16,6-13(10,2)3)8-19-12(17)15(9,11)18/h9,12,16-18H,4-8H2,1-3H3/t9-,12+,14+,15-/m0/s1. The number of rotatable bonds is 1. The average molecular weight is 268 g/mol. The highest BCUT2D eigenvalue weighted by atomic mass is 16.6. The topological polar surface area (TPSA) is 69.9 Å². The van der Waals surface area contributed by atoms with E-state index in [-0.39, 0.29) is 17.9 Å². The van der Waals surface area contributed by atoms with Crippen molar-refractivity contribution in [3.05, 3.63) is 11.1 Å². The Kier molecular flexibility index (Phi) is 2.72. The first kappa shape index (κ1) is 13.6. The molecule has 19 heavy (non-hydrogen) atoms. The number of hydrogen-bond acceptors (Lipinski definition) is 4. The summed E-state index contributed by atoms with van der Waals surface area (Å²) in [6.45, 7) is 6.54. The average Bonchev–Trinajstić information content (AvgIpc) is 2.59. The van der Waals surface area contributed by atoms with E-state index < -0.39 is 17.3 Å². The van der Waals surface area contributed by atoms with Gasteiger partial charge in [0.05, 0.1) is 13.2 Å². The van der Waals surface area contributed by atoms with Crippen LogP contribution < -0.4 is 0 Å². The van der Waals surface area contributed by atoms with Crippen LogP contribution in [0.3, 0.4) is 0 Å². The first-order valence-corrected chi connectivity index (χ1v) is 7.15. The highest BCUT2D eigenvalue weighted by Crippen LogP contribution is 2.63. The molecule has 0 radical (unpaired) electrons. The predicted molar refractivity (Wildman–Crippen MR) is 70.2 cm³/mol. The van der Waals surface area contributed by atoms with Gasteiger partial charge in [-0.3, -0.25) is 0 Å². The zero-order chi connectivity index (χ0) is 14.1. The maximum Gasteiger partial charge on any atom is 0.188 e. The molecule has 1 fully saturated rings. The summed E-state index contributed by atoms with van der Waals surface area (Å²) in [6, 6.07) is 0. The maximum absolute atomic E-state index is 11.1. The lowest BCUT2D eigenvalue weighted by Gasteiger charge is -2.52. The van der Waals surface area contributed by atoms with Crippen LogP contribution in [-0.2, 0) is 4.74 Å². The van der Waals surface area contributed by atoms with Crippen molar-refractivity contribution in [2.24, 2.45) is 16.7 Å². The van der Waals surface area contributed by atoms with Gasteiger partial charge in [0.1, 0.15) is 5.60 Å². The van der Waals surface area contributed by atoms with E-state index in [1.807, 2.05) is 6.92 Å². The summed E-state index contributed by atoms with van der Waals surface area (Å²) in [5.74, 6) is -0.0543. The van der Waals surface area contributed by atoms with Crippen LogP contribution in [0.25, 0.3) is 0 Å². The molecule has 3 rings (SSSR count). The molecule has 0 aromatic heterocycles. The van der Waals surface area contributed by atoms with Crippen LogP contribution in [0.5, 0.6) is 0 Å². The van der Waals surface area contributed by atoms with Gasteiger partial charge in [-0.05, 0) is 36.2 Å². The Morgan fingerprint density at radius 2 is 2.05 bits per heavy atom. The minimum atomic E-state index is -1.33. The predicted octanol–water partition coefficient (Wildman–Crippen LogP) is 1.20. The van der Waals surface area contributed by atoms with Gasteiger partial charge in [0.2, 0.25) is 0 Å². The first-order valence-electron chi connectivity index (χ1n) is 7.15. The molecule has 1 aliphatic heterocycles. The van der Waals surface area contributed by atoms with Crippen LogP contribution in [0.15, 0.2) is 11.1 Å². The SMILES string of the molecule is C[C@H]1CCC2=C3[C@](CO)(CO[C@@H](O)[C@@]31O)CC2(C)C. The number of allylic oxidation sites excluding steroid dienone is 1. The fraction of sp³-hybridized carbons (Fsp3) is 0.867. The quantitative estimate of drug-likeness (QED) is 0.625. The van der Waals surface area contributed by atoms with E-state index in [1.54, 1.807) is 0 Å². The Morgan fingerprint density at radius 3 is 2.68 bits per heavy atom. The second-order valence-electron chi connectivity index (χ2n) is 7.28. The Morgan fingerprint density at radius 1 is 1.37 bits per heavy atom. The van der Waals surface area contributed by atoms with E-state index in [4.69, 9.17) is 4.74 Å². The van der Waals surface area contributed by atoms with E-state index in [0.717, 1.165) is 24.8 Å². The Labute approximate surface area is 114 Å². The largest absolute Gasteiger partial charge is 0.395 e. The fourth-order valence-corrected chi connectivity index (χ4v) is 4.69. The fourth-order valence-electron chi connectivity index (χ4n) is 4.69. The molecule has 1 heterocycles. The van der Waals surface area contributed by atoms with Crippen molar-refractivity contribution >= 4 is 0 Å². The molecule has 0 saturated carbocycles. The highest BCUT2D eigenvalue weighted by molar-refractivity contribution is 5.44. The lowest BCUT2D eigenvalue weighted by atomic mass is 9.63. The number of ether oxygens (including phenoxy) is 1. The van der Waals surface area contributed by atoms with Gasteiger partial charge >= 0.3 is 0 Å². The van der Waals surface area contributed by atoms with Crippen LogP contribution in [0.1, 0.15) is 40.0 Å². The van der Waals surface area contributed by atoms with Crippen LogP contribution in [-0.4, -0.2) is 40.4 Å². The third-order valence-electron chi connectivity index (χ3n) is 5.61. The van der Waals surface area contributed by atoms with Gasteiger partial charge in [0.25, 0.3) is 0 Å². The van der Waals surface area contributed by atoms with Crippen LogP contribution >= 0.6 is 0 Å². The third kappa shape index (κ3) is 1.49. The number of aliphatic hydroxyl groups excluding tert-OH is 2. The summed E-state index contributed by atoms with van der Waals surface area (Å²) < 4.78 is 5.45. The smallest absolute Gasteiger partial charge is 0.188 e. The van der Waals surface area contributed by atoms with E-state index >= 15 is 0 Å². The van der Waals surface area contributed by atoms with Gasteiger partial charge in [0, 0.05) is 5.41 Å². The van der Waals surface area contributed by atoms with Crippen LogP contribution in [0.4, 0.5) is 0 Å². The summed E-state index contributed by atoms with van der Waals surface area (Å²) in [6.07, 6.45) is 1.39. The second-order valence-corrected chi connectivity index (χ2v) is 7.28. The van der Waals surface area contributed by atoms with E-state index in [2.05, 4.69) is 13.8 Å². The number of hydrogen-bond donors (Lipinski definition) is 3. The van der Waals surface area contributed by atoms with Gasteiger partial charge in [-0.15, -0.1) is 0 Å². The van der Waals surface area contributed by atoms with Crippen molar-refractivity contribution < 1.29 is 20.1 Å². The van der Waals surface area contributed by atoms with E-state index in [9.17, 15) is 15.3 Å². The molecule has 0 spiro atoms. The molecule has 4 heteroatoms. The third-order valence-corrected chi connectivity index (χ3v) is 5.61. The summed E-state index contributed by atoms with van der Waals surface area (Å²) in [5.41, 5.74) is 0.221. The minimum Gasteiger partial charge on any atom is -0.395 e. The zero-order valence-electron chi connectivity index (χ0n) is 11.9. The van der Waals surface area contributed by atoms with E-state index in [1.165, 1.54) is 5.57 Å². The molecule has 0 aromatic rings. The van der Waals surface area contributed by atoms with Gasteiger partial charge in [0.15, 0.2) is 6.29 Å². The first-order chi connectivity index (χ1) is 8.78. The molecule has 2 aliphatic carbocycles. The van der Waals surface area contributed by atoms with Crippen molar-refractivity contribution in [2.45, 2.75) is 51.9 Å². The molecule has 3 N–H and O–H groups in total. The number of aliphatic hydroxyl groups is 3. The monoisotopic (exact) mass is 268 g/mol. The van der Waals surface area contributed by atoms with Crippen molar-refractivity contribution in [1.29, 1.82) is 0 Å². The normalized spacial score (nSPS) is 48.3. The summed E-state index contributed by atoms with van der Waals surface area (Å²) in [4.78, 5) is 0. The summed E-state index contributed by atoms with van der Waals surface area (Å²) >= 11 is 0. The summed E-state index contributed by atoms with van der Waals surface area (Å²) in [7, 11) is 0. The molecule has 1 saturated heterocycles. The molecule has 0 unspecified atom stereocenters.